The molecule has 0 aliphatic rings. The molecule has 1 atom stereocenters. The van der Waals surface area contributed by atoms with Gasteiger partial charge in [0.15, 0.2) is 0 Å². The van der Waals surface area contributed by atoms with E-state index < -0.39 is 0 Å². The molecule has 0 amide bonds. The highest BCUT2D eigenvalue weighted by atomic mass is 16.5. The normalized spacial score (nSPS) is 11.4. The smallest absolute Gasteiger partial charge is 0.129 e. The SMILES string of the molecule is N#Cc1ccc(OC(Cc2ccccn2)c2ccccc2)cc1. The van der Waals surface area contributed by atoms with Crippen LogP contribution in [-0.2, 0) is 6.42 Å². The van der Waals surface area contributed by atoms with Crippen molar-refractivity contribution in [3.05, 3.63) is 95.8 Å². The first kappa shape index (κ1) is 14.8. The molecule has 0 spiro atoms. The molecule has 0 saturated carbocycles. The molecule has 3 nitrogen and oxygen atoms in total. The van der Waals surface area contributed by atoms with E-state index in [4.69, 9.17) is 10.00 Å². The third kappa shape index (κ3) is 3.96. The van der Waals surface area contributed by atoms with E-state index in [0.717, 1.165) is 17.0 Å². The molecule has 1 unspecified atom stereocenters. The van der Waals surface area contributed by atoms with E-state index in [-0.39, 0.29) is 6.10 Å². The first-order valence-electron chi connectivity index (χ1n) is 7.47. The van der Waals surface area contributed by atoms with Crippen LogP contribution in [0.2, 0.25) is 0 Å². The van der Waals surface area contributed by atoms with Crippen LogP contribution < -0.4 is 4.74 Å². The van der Waals surface area contributed by atoms with E-state index in [1.807, 2.05) is 48.5 Å². The molecular weight excluding hydrogens is 284 g/mol. The predicted molar refractivity (Wildman–Crippen MR) is 88.9 cm³/mol. The van der Waals surface area contributed by atoms with Gasteiger partial charge in [0.2, 0.25) is 0 Å². The average Bonchev–Trinajstić information content (AvgIpc) is 2.63. The summed E-state index contributed by atoms with van der Waals surface area (Å²) < 4.78 is 6.15. The number of benzene rings is 2. The lowest BCUT2D eigenvalue weighted by Gasteiger charge is -2.19. The summed E-state index contributed by atoms with van der Waals surface area (Å²) in [7, 11) is 0. The minimum atomic E-state index is -0.126. The van der Waals surface area contributed by atoms with Crippen molar-refractivity contribution < 1.29 is 4.74 Å². The Labute approximate surface area is 135 Å². The van der Waals surface area contributed by atoms with Crippen LogP contribution in [0.15, 0.2) is 79.0 Å². The van der Waals surface area contributed by atoms with E-state index in [1.54, 1.807) is 18.3 Å². The van der Waals surface area contributed by atoms with Gasteiger partial charge in [0.05, 0.1) is 11.6 Å². The van der Waals surface area contributed by atoms with Gasteiger partial charge in [-0.25, -0.2) is 0 Å². The van der Waals surface area contributed by atoms with E-state index in [1.165, 1.54) is 0 Å². The summed E-state index contributed by atoms with van der Waals surface area (Å²) in [6, 6.07) is 25.3. The fourth-order valence-corrected chi connectivity index (χ4v) is 2.38. The van der Waals surface area contributed by atoms with Crippen LogP contribution in [0.25, 0.3) is 0 Å². The highest BCUT2D eigenvalue weighted by molar-refractivity contribution is 5.35. The van der Waals surface area contributed by atoms with Crippen LogP contribution in [0.5, 0.6) is 5.75 Å². The van der Waals surface area contributed by atoms with Gasteiger partial charge in [-0.15, -0.1) is 0 Å². The Morgan fingerprint density at radius 3 is 2.30 bits per heavy atom. The van der Waals surface area contributed by atoms with Crippen molar-refractivity contribution in [2.45, 2.75) is 12.5 Å². The summed E-state index contributed by atoms with van der Waals surface area (Å²) in [5.41, 5.74) is 2.70. The molecule has 3 heteroatoms. The molecule has 23 heavy (non-hydrogen) atoms. The van der Waals surface area contributed by atoms with Crippen LogP contribution in [-0.4, -0.2) is 4.98 Å². The molecule has 0 fully saturated rings. The molecule has 0 bridgehead atoms. The Hall–Kier alpha value is -3.12. The molecular formula is C20H16N2O. The van der Waals surface area contributed by atoms with Crippen LogP contribution >= 0.6 is 0 Å². The average molecular weight is 300 g/mol. The summed E-state index contributed by atoms with van der Waals surface area (Å²) in [6.45, 7) is 0. The lowest BCUT2D eigenvalue weighted by atomic mass is 10.0. The van der Waals surface area contributed by atoms with Crippen molar-refractivity contribution in [1.29, 1.82) is 5.26 Å². The highest BCUT2D eigenvalue weighted by Gasteiger charge is 2.15. The molecule has 112 valence electrons. The molecule has 3 aromatic rings. The third-order valence-electron chi connectivity index (χ3n) is 3.55. The second-order valence-electron chi connectivity index (χ2n) is 5.18. The Balaban J connectivity index is 1.84. The van der Waals surface area contributed by atoms with E-state index in [9.17, 15) is 0 Å². The second-order valence-corrected chi connectivity index (χ2v) is 5.18. The molecule has 0 N–H and O–H groups in total. The zero-order valence-electron chi connectivity index (χ0n) is 12.6. The standard InChI is InChI=1S/C20H16N2O/c21-15-16-9-11-19(12-10-16)23-20(17-6-2-1-3-7-17)14-18-8-4-5-13-22-18/h1-13,20H,14H2. The van der Waals surface area contributed by atoms with Crippen molar-refractivity contribution in [2.24, 2.45) is 0 Å². The zero-order chi connectivity index (χ0) is 15.9. The van der Waals surface area contributed by atoms with Crippen molar-refractivity contribution in [3.8, 4) is 11.8 Å². The number of pyridine rings is 1. The Morgan fingerprint density at radius 2 is 1.65 bits per heavy atom. The maximum Gasteiger partial charge on any atom is 0.129 e. The van der Waals surface area contributed by atoms with Crippen LogP contribution in [0.4, 0.5) is 0 Å². The van der Waals surface area contributed by atoms with E-state index in [2.05, 4.69) is 23.2 Å². The van der Waals surface area contributed by atoms with Gasteiger partial charge in [-0.1, -0.05) is 36.4 Å². The molecule has 0 saturated heterocycles. The molecule has 0 radical (unpaired) electrons. The monoisotopic (exact) mass is 300 g/mol. The predicted octanol–water partition coefficient (Wildman–Crippen LogP) is 4.32. The van der Waals surface area contributed by atoms with Gasteiger partial charge in [-0.3, -0.25) is 4.98 Å². The number of hydrogen-bond donors (Lipinski definition) is 0. The van der Waals surface area contributed by atoms with Crippen molar-refractivity contribution in [1.82, 2.24) is 4.98 Å². The molecule has 1 heterocycles. The van der Waals surface area contributed by atoms with Gasteiger partial charge in [0, 0.05) is 18.3 Å². The molecule has 3 rings (SSSR count). The second kappa shape index (κ2) is 7.24. The van der Waals surface area contributed by atoms with Crippen LogP contribution in [0.1, 0.15) is 22.9 Å². The Bertz CT molecular complexity index is 777. The maximum absolute atomic E-state index is 8.88. The topological polar surface area (TPSA) is 45.9 Å². The van der Waals surface area contributed by atoms with Crippen LogP contribution in [0.3, 0.4) is 0 Å². The Morgan fingerprint density at radius 1 is 0.913 bits per heavy atom. The quantitative estimate of drug-likeness (QED) is 0.705. The van der Waals surface area contributed by atoms with E-state index in [0.29, 0.717) is 12.0 Å². The van der Waals surface area contributed by atoms with Gasteiger partial charge in [-0.2, -0.15) is 5.26 Å². The number of hydrogen-bond acceptors (Lipinski definition) is 3. The maximum atomic E-state index is 8.88. The summed E-state index contributed by atoms with van der Waals surface area (Å²) in [4.78, 5) is 4.39. The molecule has 1 aromatic heterocycles. The number of ether oxygens (including phenoxy) is 1. The molecule has 0 aliphatic heterocycles. The van der Waals surface area contributed by atoms with Gasteiger partial charge in [0.25, 0.3) is 0 Å². The van der Waals surface area contributed by atoms with Crippen molar-refractivity contribution in [2.75, 3.05) is 0 Å². The summed E-state index contributed by atoms with van der Waals surface area (Å²) in [5, 5.41) is 8.88. The third-order valence-corrected chi connectivity index (χ3v) is 3.55. The fourth-order valence-electron chi connectivity index (χ4n) is 2.38. The van der Waals surface area contributed by atoms with Crippen molar-refractivity contribution in [3.63, 3.8) is 0 Å². The molecule has 2 aromatic carbocycles. The van der Waals surface area contributed by atoms with Gasteiger partial charge in [-0.05, 0) is 42.0 Å². The number of nitrogens with zero attached hydrogens (tertiary/aromatic N) is 2. The Kier molecular flexibility index (Phi) is 4.66. The molecule has 0 aliphatic carbocycles. The lowest BCUT2D eigenvalue weighted by molar-refractivity contribution is 0.205. The minimum Gasteiger partial charge on any atom is -0.485 e. The first-order valence-corrected chi connectivity index (χ1v) is 7.47. The zero-order valence-corrected chi connectivity index (χ0v) is 12.6. The summed E-state index contributed by atoms with van der Waals surface area (Å²) in [5.74, 6) is 0.744. The number of nitriles is 1. The number of rotatable bonds is 5. The minimum absolute atomic E-state index is 0.126. The number of aromatic nitrogens is 1. The van der Waals surface area contributed by atoms with Crippen LogP contribution in [0, 0.1) is 11.3 Å². The summed E-state index contributed by atoms with van der Waals surface area (Å²) in [6.07, 6.45) is 2.35. The van der Waals surface area contributed by atoms with Crippen molar-refractivity contribution >= 4 is 0 Å². The van der Waals surface area contributed by atoms with Gasteiger partial charge < -0.3 is 4.74 Å². The van der Waals surface area contributed by atoms with E-state index >= 15 is 0 Å². The largest absolute Gasteiger partial charge is 0.485 e. The highest BCUT2D eigenvalue weighted by Crippen LogP contribution is 2.25. The lowest BCUT2D eigenvalue weighted by Crippen LogP contribution is -2.11. The summed E-state index contributed by atoms with van der Waals surface area (Å²) >= 11 is 0. The fraction of sp³-hybridized carbons (Fsp3) is 0.100. The first-order chi connectivity index (χ1) is 11.3. The van der Waals surface area contributed by atoms with Gasteiger partial charge in [0.1, 0.15) is 11.9 Å². The van der Waals surface area contributed by atoms with Gasteiger partial charge >= 0.3 is 0 Å².